The van der Waals surface area contributed by atoms with Gasteiger partial charge < -0.3 is 19.3 Å². The number of hydrogen-bond acceptors (Lipinski definition) is 6. The average molecular weight is 608 g/mol. The minimum atomic E-state index is -3.92. The highest BCUT2D eigenvalue weighted by Gasteiger charge is 2.33. The van der Waals surface area contributed by atoms with E-state index in [1.165, 1.54) is 23.5 Å². The number of likely N-dealkylation sites (tertiary alicyclic amines) is 1. The van der Waals surface area contributed by atoms with Crippen LogP contribution in [0.25, 0.3) is 0 Å². The fourth-order valence-electron chi connectivity index (χ4n) is 5.12. The Balaban J connectivity index is 1.44. The van der Waals surface area contributed by atoms with Crippen molar-refractivity contribution in [3.63, 3.8) is 0 Å². The maximum Gasteiger partial charge on any atom is 0.248 e. The molecule has 0 atom stereocenters. The number of aryl methyl sites for hydroxylation is 1. The van der Waals surface area contributed by atoms with Gasteiger partial charge in [0.2, 0.25) is 21.8 Å². The maximum absolute atomic E-state index is 13.9. The van der Waals surface area contributed by atoms with E-state index in [1.54, 1.807) is 28.0 Å². The lowest BCUT2D eigenvalue weighted by Crippen LogP contribution is -2.52. The first-order chi connectivity index (χ1) is 20.8. The molecule has 4 rings (SSSR count). The SMILES string of the molecule is COCCN(CC(=O)N(Cc1ccc(C)cc1)C1CCN(C(=O)COCc2ccccc2)CC1)S(=O)(=O)c1ccccc1. The summed E-state index contributed by atoms with van der Waals surface area (Å²) in [5, 5.41) is 0. The average Bonchev–Trinajstić information content (AvgIpc) is 3.03. The van der Waals surface area contributed by atoms with Gasteiger partial charge in [-0.15, -0.1) is 0 Å². The Bertz CT molecular complexity index is 1410. The number of carbonyl (C=O) groups is 2. The summed E-state index contributed by atoms with van der Waals surface area (Å²) in [6.45, 7) is 3.60. The molecule has 0 saturated carbocycles. The van der Waals surface area contributed by atoms with E-state index in [4.69, 9.17) is 9.47 Å². The van der Waals surface area contributed by atoms with Crippen LogP contribution in [0.2, 0.25) is 0 Å². The maximum atomic E-state index is 13.9. The van der Waals surface area contributed by atoms with Crippen molar-refractivity contribution in [1.29, 1.82) is 0 Å². The first-order valence-corrected chi connectivity index (χ1v) is 16.0. The van der Waals surface area contributed by atoms with Gasteiger partial charge in [-0.3, -0.25) is 9.59 Å². The molecule has 1 heterocycles. The van der Waals surface area contributed by atoms with Crippen molar-refractivity contribution in [3.05, 3.63) is 102 Å². The van der Waals surface area contributed by atoms with E-state index in [2.05, 4.69) is 0 Å². The van der Waals surface area contributed by atoms with Gasteiger partial charge in [-0.2, -0.15) is 4.31 Å². The lowest BCUT2D eigenvalue weighted by molar-refractivity contribution is -0.140. The molecule has 1 aliphatic heterocycles. The van der Waals surface area contributed by atoms with Crippen LogP contribution in [0.1, 0.15) is 29.5 Å². The van der Waals surface area contributed by atoms with Gasteiger partial charge in [0.1, 0.15) is 6.61 Å². The minimum Gasteiger partial charge on any atom is -0.383 e. The summed E-state index contributed by atoms with van der Waals surface area (Å²) in [5.41, 5.74) is 3.08. The third-order valence-electron chi connectivity index (χ3n) is 7.63. The zero-order chi connectivity index (χ0) is 30.7. The molecule has 0 radical (unpaired) electrons. The van der Waals surface area contributed by atoms with Crippen molar-refractivity contribution in [2.45, 2.75) is 43.9 Å². The van der Waals surface area contributed by atoms with E-state index >= 15 is 0 Å². The molecule has 1 fully saturated rings. The van der Waals surface area contributed by atoms with E-state index in [0.29, 0.717) is 39.1 Å². The fourth-order valence-corrected chi connectivity index (χ4v) is 6.51. The summed E-state index contributed by atoms with van der Waals surface area (Å²) in [5.74, 6) is -0.363. The van der Waals surface area contributed by atoms with E-state index in [-0.39, 0.29) is 49.1 Å². The predicted molar refractivity (Wildman–Crippen MR) is 165 cm³/mol. The van der Waals surface area contributed by atoms with Crippen molar-refractivity contribution in [2.24, 2.45) is 0 Å². The molecule has 0 spiro atoms. The Hall–Kier alpha value is -3.57. The molecule has 43 heavy (non-hydrogen) atoms. The molecule has 0 aromatic heterocycles. The molecule has 1 saturated heterocycles. The van der Waals surface area contributed by atoms with Crippen molar-refractivity contribution < 1.29 is 27.5 Å². The van der Waals surface area contributed by atoms with Gasteiger partial charge in [-0.05, 0) is 43.0 Å². The lowest BCUT2D eigenvalue weighted by Gasteiger charge is -2.39. The number of benzene rings is 3. The lowest BCUT2D eigenvalue weighted by atomic mass is 10.0. The van der Waals surface area contributed by atoms with Gasteiger partial charge in [0, 0.05) is 39.3 Å². The summed E-state index contributed by atoms with van der Waals surface area (Å²) in [7, 11) is -2.42. The second-order valence-electron chi connectivity index (χ2n) is 10.7. The fraction of sp³-hybridized carbons (Fsp3) is 0.394. The van der Waals surface area contributed by atoms with Crippen molar-refractivity contribution in [1.82, 2.24) is 14.1 Å². The van der Waals surface area contributed by atoms with E-state index in [9.17, 15) is 18.0 Å². The standard InChI is InChI=1S/C33H41N3O6S/c1-27-13-15-28(16-14-27)23-36(32(37)24-35(21-22-41-2)43(39,40)31-11-7-4-8-12-31)30-17-19-34(20-18-30)33(38)26-42-25-29-9-5-3-6-10-29/h3-16,30H,17-26H2,1-2H3. The number of piperidine rings is 1. The summed E-state index contributed by atoms with van der Waals surface area (Å²) >= 11 is 0. The van der Waals surface area contributed by atoms with Crippen molar-refractivity contribution >= 4 is 21.8 Å². The Morgan fingerprint density at radius 2 is 1.51 bits per heavy atom. The molecule has 2 amide bonds. The highest BCUT2D eigenvalue weighted by atomic mass is 32.2. The Labute approximate surface area is 255 Å². The highest BCUT2D eigenvalue weighted by molar-refractivity contribution is 7.89. The van der Waals surface area contributed by atoms with E-state index in [1.807, 2.05) is 61.5 Å². The van der Waals surface area contributed by atoms with Gasteiger partial charge >= 0.3 is 0 Å². The quantitative estimate of drug-likeness (QED) is 0.276. The van der Waals surface area contributed by atoms with E-state index < -0.39 is 10.0 Å². The van der Waals surface area contributed by atoms with Crippen LogP contribution >= 0.6 is 0 Å². The molecular formula is C33H41N3O6S. The van der Waals surface area contributed by atoms with Crippen LogP contribution in [-0.2, 0) is 42.2 Å². The largest absolute Gasteiger partial charge is 0.383 e. The van der Waals surface area contributed by atoms with Gasteiger partial charge in [0.25, 0.3) is 0 Å². The number of nitrogens with zero attached hydrogens (tertiary/aromatic N) is 3. The zero-order valence-electron chi connectivity index (χ0n) is 24.9. The van der Waals surface area contributed by atoms with Crippen LogP contribution < -0.4 is 0 Å². The second-order valence-corrected chi connectivity index (χ2v) is 12.7. The summed E-state index contributed by atoms with van der Waals surface area (Å²) in [6.07, 6.45) is 1.18. The molecule has 10 heteroatoms. The molecule has 3 aromatic rings. The summed E-state index contributed by atoms with van der Waals surface area (Å²) < 4.78 is 39.0. The normalized spacial score (nSPS) is 14.2. The number of carbonyl (C=O) groups excluding carboxylic acids is 2. The van der Waals surface area contributed by atoms with Crippen LogP contribution in [0.5, 0.6) is 0 Å². The van der Waals surface area contributed by atoms with Crippen molar-refractivity contribution in [3.8, 4) is 0 Å². The number of ether oxygens (including phenoxy) is 2. The van der Waals surface area contributed by atoms with Gasteiger partial charge in [0.15, 0.2) is 0 Å². The van der Waals surface area contributed by atoms with Crippen LogP contribution in [0.4, 0.5) is 0 Å². The summed E-state index contributed by atoms with van der Waals surface area (Å²) in [6, 6.07) is 25.7. The number of rotatable bonds is 14. The molecule has 1 aliphatic rings. The number of sulfonamides is 1. The highest BCUT2D eigenvalue weighted by Crippen LogP contribution is 2.22. The topological polar surface area (TPSA) is 96.5 Å². The minimum absolute atomic E-state index is 0.00260. The Morgan fingerprint density at radius 3 is 2.14 bits per heavy atom. The zero-order valence-corrected chi connectivity index (χ0v) is 25.7. The molecule has 3 aromatic carbocycles. The molecular weight excluding hydrogens is 566 g/mol. The predicted octanol–water partition coefficient (Wildman–Crippen LogP) is 3.87. The molecule has 9 nitrogen and oxygen atoms in total. The Kier molecular flexibility index (Phi) is 11.9. The first-order valence-electron chi connectivity index (χ1n) is 14.6. The molecule has 0 N–H and O–H groups in total. The number of amides is 2. The molecule has 0 bridgehead atoms. The molecule has 0 aliphatic carbocycles. The molecule has 0 unspecified atom stereocenters. The smallest absolute Gasteiger partial charge is 0.248 e. The van der Waals surface area contributed by atoms with Gasteiger partial charge in [-0.25, -0.2) is 8.42 Å². The van der Waals surface area contributed by atoms with E-state index in [0.717, 1.165) is 16.7 Å². The first kappa shape index (κ1) is 32.3. The monoisotopic (exact) mass is 607 g/mol. The molecule has 230 valence electrons. The van der Waals surface area contributed by atoms with Crippen LogP contribution in [0.3, 0.4) is 0 Å². The second kappa shape index (κ2) is 15.8. The van der Waals surface area contributed by atoms with Crippen LogP contribution in [-0.4, -0.2) is 86.9 Å². The van der Waals surface area contributed by atoms with Crippen LogP contribution in [0.15, 0.2) is 89.8 Å². The van der Waals surface area contributed by atoms with Gasteiger partial charge in [-0.1, -0.05) is 78.4 Å². The third-order valence-corrected chi connectivity index (χ3v) is 9.49. The number of hydrogen-bond donors (Lipinski definition) is 0. The van der Waals surface area contributed by atoms with Gasteiger partial charge in [0.05, 0.1) is 24.7 Å². The number of methoxy groups -OCH3 is 1. The third kappa shape index (κ3) is 9.21. The Morgan fingerprint density at radius 1 is 0.884 bits per heavy atom. The summed E-state index contributed by atoms with van der Waals surface area (Å²) in [4.78, 5) is 30.5. The van der Waals surface area contributed by atoms with Crippen LogP contribution in [0, 0.1) is 6.92 Å². The van der Waals surface area contributed by atoms with Crippen molar-refractivity contribution in [2.75, 3.05) is 46.5 Å².